The van der Waals surface area contributed by atoms with Gasteiger partial charge in [-0.05, 0) is 79.1 Å². The first-order chi connectivity index (χ1) is 25.2. The summed E-state index contributed by atoms with van der Waals surface area (Å²) in [5, 5.41) is 0. The van der Waals surface area contributed by atoms with Crippen LogP contribution in [-0.4, -0.2) is 18.6 Å². The Morgan fingerprint density at radius 1 is 0.510 bits per heavy atom. The molecule has 1 spiro atoms. The van der Waals surface area contributed by atoms with Gasteiger partial charge in [0.2, 0.25) is 0 Å². The van der Waals surface area contributed by atoms with Crippen LogP contribution in [0.15, 0.2) is 181 Å². The van der Waals surface area contributed by atoms with Crippen molar-refractivity contribution >= 4 is 28.0 Å². The summed E-state index contributed by atoms with van der Waals surface area (Å²) in [7, 11) is 0. The van der Waals surface area contributed by atoms with Gasteiger partial charge in [0.05, 0.1) is 17.8 Å². The highest BCUT2D eigenvalue weighted by Gasteiger charge is 2.53. The van der Waals surface area contributed by atoms with Gasteiger partial charge in [-0.3, -0.25) is 4.99 Å². The quantitative estimate of drug-likeness (QED) is 0.171. The first-order valence-corrected chi connectivity index (χ1v) is 18.6. The minimum Gasteiger partial charge on any atom is -0.312 e. The number of hydrogen-bond donors (Lipinski definition) is 1. The Balaban J connectivity index is 1.26. The first kappa shape index (κ1) is 31.3. The van der Waals surface area contributed by atoms with Crippen molar-refractivity contribution in [2.24, 2.45) is 10.7 Å². The van der Waals surface area contributed by atoms with E-state index in [0.29, 0.717) is 0 Å². The lowest BCUT2D eigenvalue weighted by Gasteiger charge is -2.33. The predicted octanol–water partition coefficient (Wildman–Crippen LogP) is 11.3. The summed E-state index contributed by atoms with van der Waals surface area (Å²) in [5.74, 6) is 0. The predicted molar refractivity (Wildman–Crippen MR) is 217 cm³/mol. The topological polar surface area (TPSA) is 38.4 Å². The highest BCUT2D eigenvalue weighted by molar-refractivity contribution is 8.08. The molecule has 0 aliphatic heterocycles. The lowest BCUT2D eigenvalue weighted by atomic mass is 9.67. The summed E-state index contributed by atoms with van der Waals surface area (Å²) in [4.78, 5) is 6.25. The van der Waals surface area contributed by atoms with Crippen LogP contribution in [0.4, 0.5) is 0 Å². The van der Waals surface area contributed by atoms with Crippen molar-refractivity contribution in [2.45, 2.75) is 5.41 Å². The molecule has 0 saturated carbocycles. The van der Waals surface area contributed by atoms with Gasteiger partial charge in [0.25, 0.3) is 0 Å². The highest BCUT2D eigenvalue weighted by Crippen LogP contribution is 2.66. The monoisotopic (exact) mass is 672 g/mol. The van der Waals surface area contributed by atoms with E-state index in [9.17, 15) is 0 Å². The average molecular weight is 673 g/mol. The molecule has 244 valence electrons. The number of nitrogens with zero attached hydrogens (tertiary/aromatic N) is 1. The fourth-order valence-electron chi connectivity index (χ4n) is 8.43. The molecule has 0 fully saturated rings. The van der Waals surface area contributed by atoms with Crippen molar-refractivity contribution in [1.29, 1.82) is 0 Å². The van der Waals surface area contributed by atoms with Gasteiger partial charge < -0.3 is 5.73 Å². The van der Waals surface area contributed by atoms with Gasteiger partial charge in [-0.25, -0.2) is 0 Å². The van der Waals surface area contributed by atoms with Crippen LogP contribution >= 0.6 is 11.8 Å². The molecular formula is C48H36N2S. The van der Waals surface area contributed by atoms with E-state index in [1.807, 2.05) is 17.8 Å². The molecule has 7 aromatic carbocycles. The SMILES string of the molecule is CSC1=C(c2ccccc2)C2(c3ccccc31)c1ccccc1-c1ccc(-c3ccccc3/C(=N\CN)c3ccc(-c4ccccc4)cc3)cc12. The number of benzene rings is 7. The van der Waals surface area contributed by atoms with Crippen LogP contribution in [0.3, 0.4) is 0 Å². The molecule has 0 amide bonds. The van der Waals surface area contributed by atoms with E-state index in [2.05, 4.69) is 176 Å². The summed E-state index contributed by atoms with van der Waals surface area (Å²) >= 11 is 1.85. The minimum atomic E-state index is -0.464. The van der Waals surface area contributed by atoms with E-state index in [1.54, 1.807) is 0 Å². The Morgan fingerprint density at radius 2 is 1.04 bits per heavy atom. The molecular weight excluding hydrogens is 637 g/mol. The number of aliphatic imine (C=N–C) groups is 1. The molecule has 3 heteroatoms. The van der Waals surface area contributed by atoms with Crippen molar-refractivity contribution in [1.82, 2.24) is 0 Å². The van der Waals surface area contributed by atoms with Gasteiger partial charge in [-0.1, -0.05) is 170 Å². The maximum Gasteiger partial charge on any atom is 0.0867 e. The first-order valence-electron chi connectivity index (χ1n) is 17.4. The maximum atomic E-state index is 6.16. The second kappa shape index (κ2) is 12.9. The van der Waals surface area contributed by atoms with Gasteiger partial charge in [0, 0.05) is 16.0 Å². The van der Waals surface area contributed by atoms with Crippen molar-refractivity contribution in [3.63, 3.8) is 0 Å². The van der Waals surface area contributed by atoms with Crippen molar-refractivity contribution in [2.75, 3.05) is 12.9 Å². The third-order valence-corrected chi connectivity index (χ3v) is 11.3. The molecule has 2 nitrogen and oxygen atoms in total. The van der Waals surface area contributed by atoms with Crippen LogP contribution in [0.2, 0.25) is 0 Å². The second-order valence-electron chi connectivity index (χ2n) is 13.1. The fourth-order valence-corrected chi connectivity index (χ4v) is 9.31. The average Bonchev–Trinajstić information content (AvgIpc) is 3.67. The third-order valence-electron chi connectivity index (χ3n) is 10.5. The molecule has 1 unspecified atom stereocenters. The van der Waals surface area contributed by atoms with Crippen molar-refractivity contribution in [3.05, 3.63) is 215 Å². The van der Waals surface area contributed by atoms with Crippen LogP contribution in [0.5, 0.6) is 0 Å². The third kappa shape index (κ3) is 4.88. The molecule has 0 heterocycles. The zero-order valence-corrected chi connectivity index (χ0v) is 29.2. The Morgan fingerprint density at radius 3 is 1.73 bits per heavy atom. The number of allylic oxidation sites excluding steroid dienone is 1. The highest BCUT2D eigenvalue weighted by atomic mass is 32.2. The van der Waals surface area contributed by atoms with E-state index in [0.717, 1.165) is 28.0 Å². The standard InChI is InChI=1S/C48H36N2S/c1-51-47-41-21-11-13-23-43(41)48(45(47)34-16-6-3-7-17-34)42-22-12-10-19-38(42)39-29-28-36(30-44(39)48)37-18-8-9-20-40(37)46(50-31-49)35-26-24-33(25-27-35)32-14-4-2-5-15-32/h2-30H,31,49H2,1H3/b50-46-. The zero-order chi connectivity index (χ0) is 34.4. The molecule has 2 aliphatic rings. The molecule has 0 radical (unpaired) electrons. The van der Waals surface area contributed by atoms with E-state index >= 15 is 0 Å². The maximum absolute atomic E-state index is 6.16. The summed E-state index contributed by atoms with van der Waals surface area (Å²) < 4.78 is 0. The van der Waals surface area contributed by atoms with E-state index in [-0.39, 0.29) is 6.67 Å². The minimum absolute atomic E-state index is 0.201. The van der Waals surface area contributed by atoms with E-state index in [1.165, 1.54) is 60.5 Å². The molecule has 2 aliphatic carbocycles. The van der Waals surface area contributed by atoms with Gasteiger partial charge >= 0.3 is 0 Å². The molecule has 0 aromatic heterocycles. The molecule has 1 atom stereocenters. The van der Waals surface area contributed by atoms with E-state index < -0.39 is 5.41 Å². The molecule has 2 N–H and O–H groups in total. The Kier molecular flexibility index (Phi) is 7.88. The van der Waals surface area contributed by atoms with E-state index in [4.69, 9.17) is 10.7 Å². The van der Waals surface area contributed by atoms with Gasteiger partial charge in [0.15, 0.2) is 0 Å². The molecule has 51 heavy (non-hydrogen) atoms. The molecule has 0 saturated heterocycles. The van der Waals surface area contributed by atoms with Crippen molar-refractivity contribution < 1.29 is 0 Å². The largest absolute Gasteiger partial charge is 0.312 e. The Hall–Kier alpha value is -5.74. The molecule has 7 aromatic rings. The Labute approximate surface area is 304 Å². The van der Waals surface area contributed by atoms with Crippen LogP contribution in [0, 0.1) is 0 Å². The molecule has 9 rings (SSSR count). The molecule has 0 bridgehead atoms. The number of thioether (sulfide) groups is 1. The van der Waals surface area contributed by atoms with Crippen molar-refractivity contribution in [3.8, 4) is 33.4 Å². The fraction of sp³-hybridized carbons (Fsp3) is 0.0625. The van der Waals surface area contributed by atoms with Gasteiger partial charge in [-0.2, -0.15) is 0 Å². The van der Waals surface area contributed by atoms with Crippen LogP contribution in [0.1, 0.15) is 38.9 Å². The van der Waals surface area contributed by atoms with Crippen LogP contribution in [-0.2, 0) is 5.41 Å². The number of hydrogen-bond acceptors (Lipinski definition) is 3. The number of fused-ring (bicyclic) bond motifs is 7. The Bertz CT molecular complexity index is 2480. The number of nitrogens with two attached hydrogens (primary N) is 1. The van der Waals surface area contributed by atoms with Crippen LogP contribution < -0.4 is 5.73 Å². The summed E-state index contributed by atoms with van der Waals surface area (Å²) in [6, 6.07) is 63.9. The van der Waals surface area contributed by atoms with Gasteiger partial charge in [0.1, 0.15) is 0 Å². The van der Waals surface area contributed by atoms with Crippen LogP contribution in [0.25, 0.3) is 43.9 Å². The normalized spacial score (nSPS) is 15.9. The smallest absolute Gasteiger partial charge is 0.0867 e. The summed E-state index contributed by atoms with van der Waals surface area (Å²) in [6.07, 6.45) is 2.22. The van der Waals surface area contributed by atoms with Gasteiger partial charge in [-0.15, -0.1) is 11.8 Å². The lowest BCUT2D eigenvalue weighted by Crippen LogP contribution is -2.26. The number of rotatable bonds is 7. The lowest BCUT2D eigenvalue weighted by molar-refractivity contribution is 0.842. The second-order valence-corrected chi connectivity index (χ2v) is 13.9. The summed E-state index contributed by atoms with van der Waals surface area (Å²) in [5.41, 5.74) is 23.9. The zero-order valence-electron chi connectivity index (χ0n) is 28.4. The summed E-state index contributed by atoms with van der Waals surface area (Å²) in [6.45, 7) is 0.201.